The van der Waals surface area contributed by atoms with Gasteiger partial charge in [0.15, 0.2) is 11.9 Å². The van der Waals surface area contributed by atoms with Gasteiger partial charge < -0.3 is 14.6 Å². The predicted octanol–water partition coefficient (Wildman–Crippen LogP) is 9.37. The van der Waals surface area contributed by atoms with Crippen molar-refractivity contribution in [1.29, 1.82) is 0 Å². The Morgan fingerprint density at radius 1 is 0.690 bits per heavy atom. The first-order valence-electron chi connectivity index (χ1n) is 17.2. The molecule has 0 fully saturated rings. The second-order valence-corrected chi connectivity index (χ2v) is 11.9. The first kappa shape index (κ1) is 40.1. The summed E-state index contributed by atoms with van der Waals surface area (Å²) in [6, 6.07) is 0. The number of hydrogen-bond donors (Lipinski definition) is 1. The van der Waals surface area contributed by atoms with E-state index in [4.69, 9.17) is 9.47 Å². The van der Waals surface area contributed by atoms with Gasteiger partial charge in [-0.05, 0) is 44.1 Å². The van der Waals surface area contributed by atoms with Crippen LogP contribution in [0.25, 0.3) is 0 Å². The number of esters is 2. The largest absolute Gasteiger partial charge is 0.462 e. The van der Waals surface area contributed by atoms with E-state index in [0.29, 0.717) is 19.3 Å². The Kier molecular flexibility index (Phi) is 29.1. The van der Waals surface area contributed by atoms with Crippen molar-refractivity contribution in [2.24, 2.45) is 5.92 Å². The van der Waals surface area contributed by atoms with Crippen molar-refractivity contribution in [3.05, 3.63) is 24.3 Å². The van der Waals surface area contributed by atoms with Crippen LogP contribution in [-0.4, -0.2) is 42.1 Å². The first-order chi connectivity index (χ1) is 20.4. The molecule has 0 saturated heterocycles. The van der Waals surface area contributed by atoms with Crippen molar-refractivity contribution in [3.63, 3.8) is 0 Å². The van der Waals surface area contributed by atoms with E-state index in [1.54, 1.807) is 6.08 Å². The second-order valence-electron chi connectivity index (χ2n) is 11.9. The Labute approximate surface area is 258 Å². The molecule has 0 saturated carbocycles. The summed E-state index contributed by atoms with van der Waals surface area (Å²) in [5, 5.41) is 9.50. The molecule has 244 valence electrons. The fourth-order valence-electron chi connectivity index (χ4n) is 4.69. The number of unbranched alkanes of at least 4 members (excludes halogenated alkanes) is 14. The number of carbonyl (C=O) groups excluding carboxylic acids is 3. The van der Waals surface area contributed by atoms with Crippen LogP contribution in [-0.2, 0) is 23.9 Å². The molecule has 0 aromatic carbocycles. The summed E-state index contributed by atoms with van der Waals surface area (Å²) < 4.78 is 10.5. The Bertz CT molecular complexity index is 714. The first-order valence-corrected chi connectivity index (χ1v) is 17.2. The van der Waals surface area contributed by atoms with Crippen LogP contribution in [0.5, 0.6) is 0 Å². The molecule has 42 heavy (non-hydrogen) atoms. The lowest BCUT2D eigenvalue weighted by Crippen LogP contribution is -2.28. The average Bonchev–Trinajstić information content (AvgIpc) is 2.98. The molecule has 0 aromatic rings. The molecule has 1 unspecified atom stereocenters. The van der Waals surface area contributed by atoms with Gasteiger partial charge in [0, 0.05) is 19.3 Å². The molecule has 0 amide bonds. The molecule has 0 bridgehead atoms. The highest BCUT2D eigenvalue weighted by Crippen LogP contribution is 2.15. The molecule has 0 aromatic heterocycles. The summed E-state index contributed by atoms with van der Waals surface area (Å²) in [4.78, 5) is 36.0. The maximum atomic E-state index is 12.1. The summed E-state index contributed by atoms with van der Waals surface area (Å²) in [5.74, 6) is 0.318. The van der Waals surface area contributed by atoms with E-state index in [0.717, 1.165) is 63.7 Å². The van der Waals surface area contributed by atoms with E-state index in [2.05, 4.69) is 26.8 Å². The van der Waals surface area contributed by atoms with E-state index in [9.17, 15) is 19.5 Å². The van der Waals surface area contributed by atoms with Crippen molar-refractivity contribution in [1.82, 2.24) is 0 Å². The molecular formula is C36H64O6. The molecule has 0 aliphatic rings. The van der Waals surface area contributed by atoms with Gasteiger partial charge in [-0.1, -0.05) is 129 Å². The molecule has 2 atom stereocenters. The van der Waals surface area contributed by atoms with Crippen molar-refractivity contribution >= 4 is 17.7 Å². The number of rotatable bonds is 30. The average molecular weight is 593 g/mol. The van der Waals surface area contributed by atoms with E-state index in [-0.39, 0.29) is 30.9 Å². The zero-order chi connectivity index (χ0) is 31.1. The van der Waals surface area contributed by atoms with Gasteiger partial charge in [0.05, 0.1) is 6.61 Å². The highest BCUT2D eigenvalue weighted by Gasteiger charge is 2.16. The maximum Gasteiger partial charge on any atom is 0.306 e. The van der Waals surface area contributed by atoms with Gasteiger partial charge in [-0.25, -0.2) is 0 Å². The third-order valence-corrected chi connectivity index (χ3v) is 7.76. The summed E-state index contributed by atoms with van der Waals surface area (Å²) in [6.45, 7) is 6.30. The minimum absolute atomic E-state index is 0.109. The minimum Gasteiger partial charge on any atom is -0.462 e. The standard InChI is InChI=1S/C36H64O6/c1-4-6-7-8-11-16-21-26-33(38)27-22-17-14-19-23-28-35(39)41-31-34(30-37)42-36(40)29-24-18-13-10-9-12-15-20-25-32(3)5-2/h11,16,21,26,32,34,37H,4-10,12-15,17-20,22-25,27-31H2,1-3H3/b16-11-,26-21+/t32?,34-/m0/s1. The number of aliphatic hydroxyl groups is 1. The van der Waals surface area contributed by atoms with Crippen LogP contribution in [0.4, 0.5) is 0 Å². The van der Waals surface area contributed by atoms with Crippen LogP contribution < -0.4 is 0 Å². The molecule has 1 N–H and O–H groups in total. The minimum atomic E-state index is -0.806. The third-order valence-electron chi connectivity index (χ3n) is 7.76. The van der Waals surface area contributed by atoms with Crippen molar-refractivity contribution in [2.45, 2.75) is 168 Å². The quantitative estimate of drug-likeness (QED) is 0.0387. The van der Waals surface area contributed by atoms with Crippen LogP contribution >= 0.6 is 0 Å². The van der Waals surface area contributed by atoms with Gasteiger partial charge >= 0.3 is 11.9 Å². The normalized spacial score (nSPS) is 13.0. The van der Waals surface area contributed by atoms with E-state index in [1.807, 2.05) is 12.2 Å². The smallest absolute Gasteiger partial charge is 0.306 e. The highest BCUT2D eigenvalue weighted by atomic mass is 16.6. The fourth-order valence-corrected chi connectivity index (χ4v) is 4.69. The second kappa shape index (κ2) is 30.5. The van der Waals surface area contributed by atoms with Gasteiger partial charge in [0.25, 0.3) is 0 Å². The number of carbonyl (C=O) groups is 3. The van der Waals surface area contributed by atoms with Crippen LogP contribution in [0.15, 0.2) is 24.3 Å². The number of hydrogen-bond acceptors (Lipinski definition) is 6. The van der Waals surface area contributed by atoms with Crippen LogP contribution in [0.2, 0.25) is 0 Å². The van der Waals surface area contributed by atoms with Gasteiger partial charge in [-0.15, -0.1) is 0 Å². The zero-order valence-corrected chi connectivity index (χ0v) is 27.4. The Balaban J connectivity index is 3.70. The highest BCUT2D eigenvalue weighted by molar-refractivity contribution is 5.89. The molecule has 0 heterocycles. The summed E-state index contributed by atoms with van der Waals surface area (Å²) >= 11 is 0. The predicted molar refractivity (Wildman–Crippen MR) is 173 cm³/mol. The Hall–Kier alpha value is -1.95. The lowest BCUT2D eigenvalue weighted by atomic mass is 9.99. The van der Waals surface area contributed by atoms with Crippen molar-refractivity contribution in [2.75, 3.05) is 13.2 Å². The third kappa shape index (κ3) is 28.2. The van der Waals surface area contributed by atoms with Crippen LogP contribution in [0, 0.1) is 5.92 Å². The maximum absolute atomic E-state index is 12.1. The van der Waals surface area contributed by atoms with Gasteiger partial charge in [-0.2, -0.15) is 0 Å². The van der Waals surface area contributed by atoms with Gasteiger partial charge in [-0.3, -0.25) is 14.4 Å². The van der Waals surface area contributed by atoms with Crippen molar-refractivity contribution in [3.8, 4) is 0 Å². The Morgan fingerprint density at radius 3 is 1.86 bits per heavy atom. The molecule has 6 nitrogen and oxygen atoms in total. The molecule has 0 rings (SSSR count). The number of aliphatic hydroxyl groups excluding tert-OH is 1. The monoisotopic (exact) mass is 592 g/mol. The number of ether oxygens (including phenoxy) is 2. The molecule has 0 aliphatic carbocycles. The lowest BCUT2D eigenvalue weighted by Gasteiger charge is -2.15. The summed E-state index contributed by atoms with van der Waals surface area (Å²) in [5.41, 5.74) is 0. The number of ketones is 1. The Morgan fingerprint density at radius 2 is 1.26 bits per heavy atom. The lowest BCUT2D eigenvalue weighted by molar-refractivity contribution is -0.161. The zero-order valence-electron chi connectivity index (χ0n) is 27.4. The van der Waals surface area contributed by atoms with Crippen LogP contribution in [0.3, 0.4) is 0 Å². The molecule has 0 aliphatic heterocycles. The van der Waals surface area contributed by atoms with Gasteiger partial charge in [0.2, 0.25) is 0 Å². The van der Waals surface area contributed by atoms with Gasteiger partial charge in [0.1, 0.15) is 6.61 Å². The number of allylic oxidation sites excluding steroid dienone is 4. The fraction of sp³-hybridized carbons (Fsp3) is 0.806. The van der Waals surface area contributed by atoms with Crippen LogP contribution in [0.1, 0.15) is 162 Å². The van der Waals surface area contributed by atoms with E-state index in [1.165, 1.54) is 64.2 Å². The topological polar surface area (TPSA) is 89.9 Å². The SMILES string of the molecule is CCCCC/C=C\C=C\C(=O)CCCCCCCC(=O)OC[C@H](CO)OC(=O)CCCCCCCCCCC(C)CC. The van der Waals surface area contributed by atoms with E-state index < -0.39 is 6.10 Å². The molecule has 0 radical (unpaired) electrons. The molecule has 6 heteroatoms. The van der Waals surface area contributed by atoms with E-state index >= 15 is 0 Å². The molecule has 0 spiro atoms. The summed E-state index contributed by atoms with van der Waals surface area (Å²) in [7, 11) is 0. The summed E-state index contributed by atoms with van der Waals surface area (Å²) in [6.07, 6.45) is 29.0. The molecular weight excluding hydrogens is 528 g/mol. The van der Waals surface area contributed by atoms with Crippen molar-refractivity contribution < 1.29 is 29.0 Å².